The molecule has 0 aliphatic heterocycles. The summed E-state index contributed by atoms with van der Waals surface area (Å²) in [6, 6.07) is 0. The van der Waals surface area contributed by atoms with E-state index in [-0.39, 0.29) is 5.69 Å². The van der Waals surface area contributed by atoms with Crippen molar-refractivity contribution in [1.29, 1.82) is 0 Å². The third kappa shape index (κ3) is 0.534. The molecule has 0 fully saturated rings. The summed E-state index contributed by atoms with van der Waals surface area (Å²) in [5.74, 6) is 0. The number of hydrogen-bond acceptors (Lipinski definition) is 3. The van der Waals surface area contributed by atoms with Crippen LogP contribution in [0.5, 0.6) is 0 Å². The molecule has 0 atom stereocenters. The monoisotopic (exact) mass is 112 g/mol. The van der Waals surface area contributed by atoms with E-state index >= 15 is 0 Å². The summed E-state index contributed by atoms with van der Waals surface area (Å²) in [4.78, 5) is 10.4. The van der Waals surface area contributed by atoms with Gasteiger partial charge in [-0.2, -0.15) is 4.68 Å². The lowest BCUT2D eigenvalue weighted by Gasteiger charge is -1.75. The summed E-state index contributed by atoms with van der Waals surface area (Å²) in [5.41, 5.74) is -0.375. The number of H-pyrrole nitrogens is 1. The molecule has 0 unspecified atom stereocenters. The van der Waals surface area contributed by atoms with E-state index in [1.54, 1.807) is 0 Å². The van der Waals surface area contributed by atoms with Crippen molar-refractivity contribution in [3.05, 3.63) is 17.1 Å². The molecular weight excluding hydrogens is 108 g/mol. The lowest BCUT2D eigenvalue weighted by Crippen LogP contribution is -2.11. The van der Waals surface area contributed by atoms with Gasteiger partial charge in [-0.15, -0.1) is 0 Å². The number of aromatic amines is 1. The van der Waals surface area contributed by atoms with Crippen LogP contribution in [-0.2, 0) is 0 Å². The SMILES string of the molecule is C=Cn1nn[nH]c1=O. The molecule has 1 heterocycles. The lowest BCUT2D eigenvalue weighted by atomic mass is 11.0. The average molecular weight is 112 g/mol. The Hall–Kier alpha value is -1.39. The second kappa shape index (κ2) is 1.61. The minimum Gasteiger partial charge on any atom is -0.244 e. The topological polar surface area (TPSA) is 63.6 Å². The number of aromatic nitrogens is 4. The molecule has 1 rings (SSSR count). The summed E-state index contributed by atoms with van der Waals surface area (Å²) >= 11 is 0. The van der Waals surface area contributed by atoms with Crippen LogP contribution in [0.3, 0.4) is 0 Å². The van der Waals surface area contributed by atoms with Crippen molar-refractivity contribution in [1.82, 2.24) is 20.2 Å². The summed E-state index contributed by atoms with van der Waals surface area (Å²) in [6.07, 6.45) is 1.27. The Morgan fingerprint density at radius 3 is 2.88 bits per heavy atom. The van der Waals surface area contributed by atoms with Gasteiger partial charge in [0.25, 0.3) is 0 Å². The molecule has 0 saturated heterocycles. The van der Waals surface area contributed by atoms with Crippen molar-refractivity contribution in [3.63, 3.8) is 0 Å². The summed E-state index contributed by atoms with van der Waals surface area (Å²) in [6.45, 7) is 3.30. The van der Waals surface area contributed by atoms with Crippen LogP contribution in [-0.4, -0.2) is 20.2 Å². The Morgan fingerprint density at radius 1 is 1.88 bits per heavy atom. The minimum atomic E-state index is -0.375. The van der Waals surface area contributed by atoms with Crippen molar-refractivity contribution in [3.8, 4) is 0 Å². The first-order valence-electron chi connectivity index (χ1n) is 1.97. The maximum Gasteiger partial charge on any atom is 0.365 e. The van der Waals surface area contributed by atoms with Crippen molar-refractivity contribution in [2.24, 2.45) is 0 Å². The summed E-state index contributed by atoms with van der Waals surface area (Å²) in [5, 5.41) is 8.61. The Balaban J connectivity index is 3.30. The van der Waals surface area contributed by atoms with Crippen molar-refractivity contribution < 1.29 is 0 Å². The Morgan fingerprint density at radius 2 is 2.62 bits per heavy atom. The predicted octanol–water partition coefficient (Wildman–Crippen LogP) is -0.933. The zero-order chi connectivity index (χ0) is 5.98. The molecule has 1 N–H and O–H groups in total. The van der Waals surface area contributed by atoms with Gasteiger partial charge in [0.05, 0.1) is 0 Å². The van der Waals surface area contributed by atoms with E-state index in [0.717, 1.165) is 4.68 Å². The molecule has 0 spiro atoms. The van der Waals surface area contributed by atoms with E-state index in [4.69, 9.17) is 0 Å². The van der Waals surface area contributed by atoms with E-state index < -0.39 is 0 Å². The van der Waals surface area contributed by atoms with E-state index in [1.807, 2.05) is 0 Å². The van der Waals surface area contributed by atoms with Crippen LogP contribution in [0.25, 0.3) is 6.20 Å². The molecule has 0 radical (unpaired) electrons. The lowest BCUT2D eigenvalue weighted by molar-refractivity contribution is 0.813. The minimum absolute atomic E-state index is 0.375. The normalized spacial score (nSPS) is 9.00. The van der Waals surface area contributed by atoms with E-state index in [2.05, 4.69) is 22.1 Å². The van der Waals surface area contributed by atoms with Gasteiger partial charge in [-0.05, 0) is 10.4 Å². The Kier molecular flexibility index (Phi) is 0.957. The first-order chi connectivity index (χ1) is 3.84. The molecule has 0 saturated carbocycles. The van der Waals surface area contributed by atoms with Crippen LogP contribution in [0.4, 0.5) is 0 Å². The van der Waals surface area contributed by atoms with Gasteiger partial charge in [0, 0.05) is 6.20 Å². The molecule has 0 aromatic carbocycles. The fraction of sp³-hybridized carbons (Fsp3) is 0. The first-order valence-corrected chi connectivity index (χ1v) is 1.97. The molecule has 42 valence electrons. The molecule has 1 aromatic heterocycles. The third-order valence-electron chi connectivity index (χ3n) is 0.668. The van der Waals surface area contributed by atoms with Crippen molar-refractivity contribution >= 4 is 6.20 Å². The fourth-order valence-electron chi connectivity index (χ4n) is 0.325. The largest absolute Gasteiger partial charge is 0.365 e. The molecule has 1 aromatic rings. The second-order valence-electron chi connectivity index (χ2n) is 1.13. The molecular formula is C3H4N4O. The maximum atomic E-state index is 10.4. The highest BCUT2D eigenvalue weighted by Crippen LogP contribution is 1.62. The van der Waals surface area contributed by atoms with Crippen molar-refractivity contribution in [2.75, 3.05) is 0 Å². The number of nitrogens with one attached hydrogen (secondary N) is 1. The Labute approximate surface area is 44.6 Å². The van der Waals surface area contributed by atoms with E-state index in [1.165, 1.54) is 6.20 Å². The summed E-state index contributed by atoms with van der Waals surface area (Å²) < 4.78 is 1.00. The van der Waals surface area contributed by atoms with Gasteiger partial charge in [0.1, 0.15) is 0 Å². The fourth-order valence-corrected chi connectivity index (χ4v) is 0.325. The Bertz CT molecular complexity index is 233. The molecule has 0 aliphatic carbocycles. The zero-order valence-electron chi connectivity index (χ0n) is 4.03. The molecule has 0 aliphatic rings. The van der Waals surface area contributed by atoms with Gasteiger partial charge in [0.15, 0.2) is 0 Å². The van der Waals surface area contributed by atoms with Crippen molar-refractivity contribution in [2.45, 2.75) is 0 Å². The zero-order valence-corrected chi connectivity index (χ0v) is 4.03. The standard InChI is InChI=1S/C3H4N4O/c1-2-7-3(8)4-5-6-7/h2H,1H2,(H,4,6,8). The highest BCUT2D eigenvalue weighted by atomic mass is 16.2. The van der Waals surface area contributed by atoms with Crippen LogP contribution >= 0.6 is 0 Å². The molecule has 8 heavy (non-hydrogen) atoms. The number of tetrazole rings is 1. The van der Waals surface area contributed by atoms with E-state index in [9.17, 15) is 4.79 Å². The predicted molar refractivity (Wildman–Crippen MR) is 27.0 cm³/mol. The third-order valence-corrected chi connectivity index (χ3v) is 0.668. The second-order valence-corrected chi connectivity index (χ2v) is 1.13. The smallest absolute Gasteiger partial charge is 0.244 e. The number of hydrogen-bond donors (Lipinski definition) is 1. The first kappa shape index (κ1) is 4.76. The van der Waals surface area contributed by atoms with Gasteiger partial charge in [0.2, 0.25) is 0 Å². The highest BCUT2D eigenvalue weighted by molar-refractivity contribution is 5.09. The molecule has 0 bridgehead atoms. The van der Waals surface area contributed by atoms with Crippen LogP contribution < -0.4 is 5.69 Å². The van der Waals surface area contributed by atoms with Crippen LogP contribution in [0.15, 0.2) is 11.4 Å². The number of rotatable bonds is 1. The molecule has 0 amide bonds. The summed E-state index contributed by atoms with van der Waals surface area (Å²) in [7, 11) is 0. The van der Waals surface area contributed by atoms with Gasteiger partial charge in [-0.25, -0.2) is 9.89 Å². The quantitative estimate of drug-likeness (QED) is 0.510. The van der Waals surface area contributed by atoms with Crippen LogP contribution in [0.2, 0.25) is 0 Å². The average Bonchev–Trinajstić information content (AvgIpc) is 2.14. The maximum absolute atomic E-state index is 10.4. The molecule has 5 nitrogen and oxygen atoms in total. The van der Waals surface area contributed by atoms with Gasteiger partial charge >= 0.3 is 5.69 Å². The highest BCUT2D eigenvalue weighted by Gasteiger charge is 1.87. The van der Waals surface area contributed by atoms with Gasteiger partial charge in [-0.3, -0.25) is 0 Å². The number of nitrogens with zero attached hydrogens (tertiary/aromatic N) is 3. The van der Waals surface area contributed by atoms with Gasteiger partial charge < -0.3 is 0 Å². The van der Waals surface area contributed by atoms with Crippen LogP contribution in [0, 0.1) is 0 Å². The molecule has 5 heteroatoms. The van der Waals surface area contributed by atoms with E-state index in [0.29, 0.717) is 0 Å². The van der Waals surface area contributed by atoms with Crippen LogP contribution in [0.1, 0.15) is 0 Å². The van der Waals surface area contributed by atoms with Gasteiger partial charge in [-0.1, -0.05) is 6.58 Å².